The molecule has 4 rings (SSSR count). The molecular weight excluding hydrogens is 466 g/mol. The molecule has 0 radical (unpaired) electrons. The number of urea groups is 1. The SMILES string of the molecule is CN1C(=O)/C(=C(/NCc2ccc(-c3ccncc3)cc2)Oc2ccccc2)C(=N)N(CC(C)(C)C)C1=O. The second-order valence-electron chi connectivity index (χ2n) is 10.0. The minimum absolute atomic E-state index is 0.00334. The number of carbonyl (C=O) groups is 2. The zero-order valence-electron chi connectivity index (χ0n) is 21.5. The number of ether oxygens (including phenoxy) is 1. The van der Waals surface area contributed by atoms with Crippen LogP contribution >= 0.6 is 0 Å². The number of amides is 3. The number of nitrogens with zero attached hydrogens (tertiary/aromatic N) is 3. The van der Waals surface area contributed by atoms with Crippen molar-refractivity contribution in [1.29, 1.82) is 5.41 Å². The summed E-state index contributed by atoms with van der Waals surface area (Å²) < 4.78 is 6.11. The standard InChI is InChI=1S/C29H31N5O3/c1-29(2,3)19-34-25(30)24(27(35)33(4)28(34)36)26(37-23-8-6-5-7-9-23)32-18-20-10-12-21(13-11-20)22-14-16-31-17-15-22/h5-17,30,32H,18-19H2,1-4H3/b26-24-,30-25?. The fourth-order valence-corrected chi connectivity index (χ4v) is 3.92. The van der Waals surface area contributed by atoms with E-state index in [0.29, 0.717) is 12.3 Å². The number of pyridine rings is 1. The smallest absolute Gasteiger partial charge is 0.332 e. The Kier molecular flexibility index (Phi) is 7.38. The Balaban J connectivity index is 1.66. The molecule has 2 heterocycles. The molecular formula is C29H31N5O3. The van der Waals surface area contributed by atoms with Crippen LogP contribution < -0.4 is 10.1 Å². The molecule has 0 atom stereocenters. The summed E-state index contributed by atoms with van der Waals surface area (Å²) in [4.78, 5) is 32.5. The molecule has 8 nitrogen and oxygen atoms in total. The predicted molar refractivity (Wildman–Crippen MR) is 143 cm³/mol. The molecule has 8 heteroatoms. The number of rotatable bonds is 7. The number of imide groups is 1. The Hall–Kier alpha value is -4.46. The number of hydrogen-bond donors (Lipinski definition) is 2. The zero-order chi connectivity index (χ0) is 26.6. The lowest BCUT2D eigenvalue weighted by molar-refractivity contribution is -0.124. The first kappa shape index (κ1) is 25.6. The van der Waals surface area contributed by atoms with E-state index in [-0.39, 0.29) is 29.3 Å². The van der Waals surface area contributed by atoms with Gasteiger partial charge in [0, 0.05) is 32.5 Å². The van der Waals surface area contributed by atoms with Gasteiger partial charge < -0.3 is 10.1 Å². The zero-order valence-corrected chi connectivity index (χ0v) is 21.5. The van der Waals surface area contributed by atoms with Crippen LogP contribution in [-0.2, 0) is 11.3 Å². The minimum Gasteiger partial charge on any atom is -0.440 e. The van der Waals surface area contributed by atoms with Crippen LogP contribution in [0.3, 0.4) is 0 Å². The van der Waals surface area contributed by atoms with Gasteiger partial charge in [-0.3, -0.25) is 25.0 Å². The second-order valence-corrected chi connectivity index (χ2v) is 10.0. The lowest BCUT2D eigenvalue weighted by Gasteiger charge is -2.37. The third-order valence-corrected chi connectivity index (χ3v) is 5.79. The molecule has 3 amide bonds. The van der Waals surface area contributed by atoms with Crippen LogP contribution in [0.5, 0.6) is 5.75 Å². The third kappa shape index (κ3) is 6.03. The van der Waals surface area contributed by atoms with Crippen LogP contribution in [0.15, 0.2) is 90.6 Å². The largest absolute Gasteiger partial charge is 0.440 e. The summed E-state index contributed by atoms with van der Waals surface area (Å²) in [5, 5.41) is 12.0. The van der Waals surface area contributed by atoms with Crippen LogP contribution in [-0.4, -0.2) is 46.2 Å². The highest BCUT2D eigenvalue weighted by Gasteiger charge is 2.41. The van der Waals surface area contributed by atoms with Crippen LogP contribution in [0.2, 0.25) is 0 Å². The van der Waals surface area contributed by atoms with E-state index in [0.717, 1.165) is 21.6 Å². The maximum atomic E-state index is 13.3. The highest BCUT2D eigenvalue weighted by atomic mass is 16.5. The van der Waals surface area contributed by atoms with Gasteiger partial charge in [-0.1, -0.05) is 63.2 Å². The average Bonchev–Trinajstić information content (AvgIpc) is 2.89. The number of para-hydroxylation sites is 1. The summed E-state index contributed by atoms with van der Waals surface area (Å²) in [5.74, 6) is -0.146. The second kappa shape index (κ2) is 10.7. The molecule has 2 aromatic carbocycles. The van der Waals surface area contributed by atoms with E-state index in [4.69, 9.17) is 10.1 Å². The van der Waals surface area contributed by atoms with Gasteiger partial charge in [0.15, 0.2) is 0 Å². The van der Waals surface area contributed by atoms with Crippen LogP contribution in [0.25, 0.3) is 11.1 Å². The van der Waals surface area contributed by atoms with E-state index in [9.17, 15) is 9.59 Å². The first-order chi connectivity index (χ1) is 17.6. The normalized spacial score (nSPS) is 15.6. The fraction of sp³-hybridized carbons (Fsp3) is 0.241. The molecule has 37 heavy (non-hydrogen) atoms. The van der Waals surface area contributed by atoms with Crippen molar-refractivity contribution in [3.8, 4) is 16.9 Å². The Morgan fingerprint density at radius 3 is 2.19 bits per heavy atom. The number of amidine groups is 1. The lowest BCUT2D eigenvalue weighted by Crippen LogP contribution is -2.57. The molecule has 1 aliphatic heterocycles. The molecule has 3 aromatic rings. The Morgan fingerprint density at radius 2 is 1.57 bits per heavy atom. The maximum absolute atomic E-state index is 13.3. The van der Waals surface area contributed by atoms with Gasteiger partial charge in [-0.15, -0.1) is 0 Å². The Morgan fingerprint density at radius 1 is 0.946 bits per heavy atom. The van der Waals surface area contributed by atoms with Gasteiger partial charge in [-0.05, 0) is 46.4 Å². The van der Waals surface area contributed by atoms with Gasteiger partial charge in [-0.25, -0.2) is 4.79 Å². The number of aromatic nitrogens is 1. The Bertz CT molecular complexity index is 1310. The molecule has 1 aliphatic rings. The summed E-state index contributed by atoms with van der Waals surface area (Å²) in [5.41, 5.74) is 2.81. The van der Waals surface area contributed by atoms with Gasteiger partial charge in [0.1, 0.15) is 17.2 Å². The highest BCUT2D eigenvalue weighted by Crippen LogP contribution is 2.26. The minimum atomic E-state index is -0.591. The molecule has 0 aliphatic carbocycles. The molecule has 2 N–H and O–H groups in total. The number of carbonyl (C=O) groups excluding carboxylic acids is 2. The first-order valence-corrected chi connectivity index (χ1v) is 12.0. The van der Waals surface area contributed by atoms with E-state index in [2.05, 4.69) is 10.3 Å². The molecule has 190 valence electrons. The number of likely N-dealkylation sites (N-methyl/N-ethyl adjacent to an activating group) is 1. The third-order valence-electron chi connectivity index (χ3n) is 5.79. The topological polar surface area (TPSA) is 98.6 Å². The van der Waals surface area contributed by atoms with Crippen molar-refractivity contribution >= 4 is 17.8 Å². The molecule has 1 saturated heterocycles. The summed E-state index contributed by atoms with van der Waals surface area (Å²) in [6.45, 7) is 6.55. The van der Waals surface area contributed by atoms with Crippen molar-refractivity contribution in [3.63, 3.8) is 0 Å². The molecule has 0 saturated carbocycles. The molecule has 0 bridgehead atoms. The number of nitrogens with one attached hydrogen (secondary N) is 2. The number of hydrogen-bond acceptors (Lipinski definition) is 6. The first-order valence-electron chi connectivity index (χ1n) is 12.0. The van der Waals surface area contributed by atoms with Gasteiger partial charge in [0.25, 0.3) is 5.91 Å². The van der Waals surface area contributed by atoms with Crippen molar-refractivity contribution in [2.24, 2.45) is 5.41 Å². The van der Waals surface area contributed by atoms with E-state index >= 15 is 0 Å². The van der Waals surface area contributed by atoms with Crippen molar-refractivity contribution in [1.82, 2.24) is 20.1 Å². The van der Waals surface area contributed by atoms with Crippen molar-refractivity contribution in [3.05, 3.63) is 96.1 Å². The maximum Gasteiger partial charge on any atom is 0.332 e. The van der Waals surface area contributed by atoms with Gasteiger partial charge in [0.2, 0.25) is 5.88 Å². The van der Waals surface area contributed by atoms with E-state index in [1.165, 1.54) is 11.9 Å². The average molecular weight is 498 g/mol. The molecule has 0 unspecified atom stereocenters. The van der Waals surface area contributed by atoms with Crippen LogP contribution in [0, 0.1) is 10.8 Å². The highest BCUT2D eigenvalue weighted by molar-refractivity contribution is 6.29. The van der Waals surface area contributed by atoms with Crippen molar-refractivity contribution in [2.45, 2.75) is 27.3 Å². The summed E-state index contributed by atoms with van der Waals surface area (Å²) in [6.07, 6.45) is 3.51. The summed E-state index contributed by atoms with van der Waals surface area (Å²) >= 11 is 0. The van der Waals surface area contributed by atoms with E-state index < -0.39 is 11.9 Å². The summed E-state index contributed by atoms with van der Waals surface area (Å²) in [6, 6.07) is 20.4. The predicted octanol–water partition coefficient (Wildman–Crippen LogP) is 5.05. The quantitative estimate of drug-likeness (QED) is 0.352. The van der Waals surface area contributed by atoms with Gasteiger partial charge in [0.05, 0.1) is 0 Å². The molecule has 0 spiro atoms. The number of benzene rings is 2. The van der Waals surface area contributed by atoms with E-state index in [1.54, 1.807) is 24.5 Å². The Labute approximate surface area is 217 Å². The van der Waals surface area contributed by atoms with Gasteiger partial charge >= 0.3 is 6.03 Å². The monoisotopic (exact) mass is 497 g/mol. The van der Waals surface area contributed by atoms with E-state index in [1.807, 2.05) is 75.4 Å². The van der Waals surface area contributed by atoms with Crippen LogP contribution in [0.4, 0.5) is 4.79 Å². The van der Waals surface area contributed by atoms with Crippen LogP contribution in [0.1, 0.15) is 26.3 Å². The fourth-order valence-electron chi connectivity index (χ4n) is 3.92. The summed E-state index contributed by atoms with van der Waals surface area (Å²) in [7, 11) is 1.42. The molecule has 1 fully saturated rings. The van der Waals surface area contributed by atoms with Gasteiger partial charge in [-0.2, -0.15) is 0 Å². The lowest BCUT2D eigenvalue weighted by atomic mass is 9.95. The van der Waals surface area contributed by atoms with Crippen molar-refractivity contribution in [2.75, 3.05) is 13.6 Å². The molecule has 1 aromatic heterocycles. The van der Waals surface area contributed by atoms with Crippen molar-refractivity contribution < 1.29 is 14.3 Å².